The van der Waals surface area contributed by atoms with Crippen LogP contribution >= 0.6 is 0 Å². The van der Waals surface area contributed by atoms with Gasteiger partial charge in [0.05, 0.1) is 0 Å². The van der Waals surface area contributed by atoms with Crippen molar-refractivity contribution in [3.05, 3.63) is 19.4 Å². The van der Waals surface area contributed by atoms with Crippen LogP contribution in [-0.4, -0.2) is 36.7 Å². The number of rotatable bonds is 0. The monoisotopic (exact) mass is 468 g/mol. The summed E-state index contributed by atoms with van der Waals surface area (Å²) in [7, 11) is 0. The maximum atomic E-state index is 2.46. The van der Waals surface area contributed by atoms with Gasteiger partial charge in [-0.1, -0.05) is 0 Å². The molecule has 6 heavy (non-hydrogen) atoms. The van der Waals surface area contributed by atoms with Crippen molar-refractivity contribution in [1.82, 2.24) is 0 Å². The van der Waals surface area contributed by atoms with Crippen molar-refractivity contribution in [2.45, 2.75) is 0 Å². The van der Waals surface area contributed by atoms with E-state index in [1.165, 1.54) is 0 Å². The SMILES string of the molecule is C1=[CH][Pb]=[Pb][CH]=C1. The first-order chi connectivity index (χ1) is 3.00. The van der Waals surface area contributed by atoms with Crippen LogP contribution in [0.2, 0.25) is 0 Å². The Morgan fingerprint density at radius 3 is 1.50 bits per heavy atom. The minimum atomic E-state index is 0.0390. The number of hydrogen-bond donors (Lipinski definition) is 0. The van der Waals surface area contributed by atoms with E-state index >= 15 is 0 Å². The van der Waals surface area contributed by atoms with Gasteiger partial charge in [0.2, 0.25) is 0 Å². The topological polar surface area (TPSA) is 0 Å². The van der Waals surface area contributed by atoms with Gasteiger partial charge >= 0.3 is 56.1 Å². The van der Waals surface area contributed by atoms with Gasteiger partial charge in [-0.3, -0.25) is 0 Å². The van der Waals surface area contributed by atoms with Crippen LogP contribution in [0.15, 0.2) is 19.4 Å². The molecule has 28 valence electrons. The van der Waals surface area contributed by atoms with E-state index in [0.29, 0.717) is 0 Å². The molecule has 1 heterocycles. The zero-order valence-electron chi connectivity index (χ0n) is 3.31. The van der Waals surface area contributed by atoms with Crippen molar-refractivity contribution in [2.24, 2.45) is 0 Å². The van der Waals surface area contributed by atoms with Crippen LogP contribution in [0.25, 0.3) is 0 Å². The van der Waals surface area contributed by atoms with Gasteiger partial charge in [-0.05, 0) is 0 Å². The second kappa shape index (κ2) is 3.34. The third kappa shape index (κ3) is 1.86. The summed E-state index contributed by atoms with van der Waals surface area (Å²) in [4.78, 5) is 0. The molecule has 1 rings (SSSR count). The Kier molecular flexibility index (Phi) is 3.04. The summed E-state index contributed by atoms with van der Waals surface area (Å²) in [5.74, 6) is 0. The van der Waals surface area contributed by atoms with Gasteiger partial charge < -0.3 is 0 Å². The standard InChI is InChI=1S/C4H4.2Pb/c1-3-4-2;;/h1-4H;;. The molecule has 0 nitrogen and oxygen atoms in total. The molecule has 0 amide bonds. The summed E-state index contributed by atoms with van der Waals surface area (Å²) in [6.45, 7) is 0. The molecule has 0 spiro atoms. The molecule has 1 aliphatic rings. The zero-order chi connectivity index (χ0) is 4.24. The fraction of sp³-hybridized carbons (Fsp3) is 0. The molecule has 0 saturated heterocycles. The Labute approximate surface area is 55.2 Å². The molecule has 0 aromatic carbocycles. The molecule has 1 aliphatic heterocycles. The van der Waals surface area contributed by atoms with Crippen molar-refractivity contribution < 1.29 is 0 Å². The Hall–Kier alpha value is 1.32. The van der Waals surface area contributed by atoms with E-state index in [2.05, 4.69) is 19.4 Å². The summed E-state index contributed by atoms with van der Waals surface area (Å²) in [6, 6.07) is 0. The van der Waals surface area contributed by atoms with Gasteiger partial charge in [-0.2, -0.15) is 0 Å². The summed E-state index contributed by atoms with van der Waals surface area (Å²) in [6.07, 6.45) is 4.44. The van der Waals surface area contributed by atoms with Crippen molar-refractivity contribution in [2.75, 3.05) is 0 Å². The number of allylic oxidation sites excluding steroid dienone is 2. The van der Waals surface area contributed by atoms with Crippen LogP contribution in [-0.2, 0) is 0 Å². The third-order valence-electron chi connectivity index (χ3n) is 0.554. The van der Waals surface area contributed by atoms with Crippen molar-refractivity contribution >= 4 is 36.7 Å². The predicted molar refractivity (Wildman–Crippen MR) is 29.8 cm³/mol. The fourth-order valence-corrected chi connectivity index (χ4v) is 15.8. The first-order valence-corrected chi connectivity index (χ1v) is 25.3. The first kappa shape index (κ1) is 5.46. The van der Waals surface area contributed by atoms with Crippen LogP contribution in [0, 0.1) is 0 Å². The Morgan fingerprint density at radius 1 is 0.833 bits per heavy atom. The molecule has 0 bridgehead atoms. The van der Waals surface area contributed by atoms with E-state index in [1.54, 1.807) is 0 Å². The van der Waals surface area contributed by atoms with Crippen LogP contribution in [0.4, 0.5) is 0 Å². The Balaban J connectivity index is 2.77. The van der Waals surface area contributed by atoms with Gasteiger partial charge in [0.1, 0.15) is 0 Å². The number of hydrogen-bond acceptors (Lipinski definition) is 0. The van der Waals surface area contributed by atoms with E-state index in [4.69, 9.17) is 0 Å². The van der Waals surface area contributed by atoms with E-state index in [1.807, 2.05) is 0 Å². The molecule has 0 saturated carbocycles. The molecule has 0 aromatic heterocycles. The van der Waals surface area contributed by atoms with Crippen molar-refractivity contribution in [3.63, 3.8) is 0 Å². The molecule has 0 fully saturated rings. The van der Waals surface area contributed by atoms with Crippen LogP contribution in [0.5, 0.6) is 0 Å². The normalized spacial score (nSPS) is 16.0. The van der Waals surface area contributed by atoms with Gasteiger partial charge in [0.15, 0.2) is 0 Å². The predicted octanol–water partition coefficient (Wildman–Crippen LogP) is 0.351. The summed E-state index contributed by atoms with van der Waals surface area (Å²) < 4.78 is 4.92. The van der Waals surface area contributed by atoms with Crippen LogP contribution in [0.3, 0.4) is 0 Å². The van der Waals surface area contributed by atoms with Gasteiger partial charge in [-0.15, -0.1) is 0 Å². The maximum absolute atomic E-state index is 2.46. The van der Waals surface area contributed by atoms with Gasteiger partial charge in [0.25, 0.3) is 0 Å². The molecular formula is C4H4Pb2. The molecule has 0 aromatic rings. The second-order valence-corrected chi connectivity index (χ2v) is 25.5. The third-order valence-corrected chi connectivity index (χ3v) is 21.0. The zero-order valence-corrected chi connectivity index (χ0v) is 11.1. The fourth-order valence-electron chi connectivity index (χ4n) is 0.304. The molecular weight excluding hydrogens is 462 g/mol. The first-order valence-electron chi connectivity index (χ1n) is 1.83. The quantitative estimate of drug-likeness (QED) is 0.453. The van der Waals surface area contributed by atoms with Crippen LogP contribution in [0.1, 0.15) is 0 Å². The minimum absolute atomic E-state index is 0.0390. The summed E-state index contributed by atoms with van der Waals surface area (Å²) in [5.41, 5.74) is 0. The average molecular weight is 466 g/mol. The molecule has 0 unspecified atom stereocenters. The second-order valence-electron chi connectivity index (χ2n) is 1.01. The molecule has 0 aliphatic carbocycles. The summed E-state index contributed by atoms with van der Waals surface area (Å²) >= 11 is 0.0779. The van der Waals surface area contributed by atoms with E-state index in [0.717, 1.165) is 0 Å². The van der Waals surface area contributed by atoms with Crippen LogP contribution < -0.4 is 0 Å². The van der Waals surface area contributed by atoms with Gasteiger partial charge in [-0.25, -0.2) is 0 Å². The Morgan fingerprint density at radius 2 is 1.33 bits per heavy atom. The van der Waals surface area contributed by atoms with Crippen molar-refractivity contribution in [1.29, 1.82) is 0 Å². The van der Waals surface area contributed by atoms with Crippen molar-refractivity contribution in [3.8, 4) is 0 Å². The van der Waals surface area contributed by atoms with E-state index in [9.17, 15) is 0 Å². The molecule has 0 atom stereocenters. The molecule has 2 radical (unpaired) electrons. The molecule has 0 N–H and O–H groups in total. The van der Waals surface area contributed by atoms with E-state index < -0.39 is 0 Å². The molecule has 2 heteroatoms. The summed E-state index contributed by atoms with van der Waals surface area (Å²) in [5, 5.41) is 0. The Bertz CT molecular complexity index is 74.9. The average Bonchev–Trinajstić information content (AvgIpc) is 1.72. The van der Waals surface area contributed by atoms with Gasteiger partial charge in [0, 0.05) is 0 Å². The van der Waals surface area contributed by atoms with E-state index in [-0.39, 0.29) is 36.7 Å².